The van der Waals surface area contributed by atoms with Gasteiger partial charge in [-0.05, 0) is 43.5 Å². The fraction of sp³-hybridized carbons (Fsp3) is 0.571. The summed E-state index contributed by atoms with van der Waals surface area (Å²) in [6.07, 6.45) is 2.54. The lowest BCUT2D eigenvalue weighted by Crippen LogP contribution is -2.40. The number of halogens is 1. The van der Waals surface area contributed by atoms with Crippen LogP contribution in [-0.4, -0.2) is 23.8 Å². The Labute approximate surface area is 109 Å². The minimum atomic E-state index is -0.556. The standard InChI is InChI=1S/C14H22ClNO/c1-3-14(17,4-2)11-16-10-9-12-5-7-13(15)8-6-12/h5-8,16-17H,3-4,9-11H2,1-2H3. The molecule has 0 radical (unpaired) electrons. The molecule has 0 unspecified atom stereocenters. The van der Waals surface area contributed by atoms with E-state index in [1.807, 2.05) is 38.1 Å². The quantitative estimate of drug-likeness (QED) is 0.734. The van der Waals surface area contributed by atoms with Crippen molar-refractivity contribution in [2.75, 3.05) is 13.1 Å². The molecule has 1 aromatic rings. The van der Waals surface area contributed by atoms with Gasteiger partial charge >= 0.3 is 0 Å². The molecule has 0 aliphatic carbocycles. The molecule has 0 bridgehead atoms. The number of benzene rings is 1. The highest BCUT2D eigenvalue weighted by atomic mass is 35.5. The molecule has 1 rings (SSSR count). The van der Waals surface area contributed by atoms with Crippen LogP contribution in [0.25, 0.3) is 0 Å². The van der Waals surface area contributed by atoms with Gasteiger partial charge in [-0.1, -0.05) is 37.6 Å². The van der Waals surface area contributed by atoms with Crippen molar-refractivity contribution in [3.05, 3.63) is 34.9 Å². The topological polar surface area (TPSA) is 32.3 Å². The first-order valence-electron chi connectivity index (χ1n) is 6.27. The molecule has 2 N–H and O–H groups in total. The molecule has 0 aromatic heterocycles. The molecule has 0 spiro atoms. The third-order valence-corrected chi connectivity index (χ3v) is 3.53. The van der Waals surface area contributed by atoms with E-state index in [-0.39, 0.29) is 0 Å². The van der Waals surface area contributed by atoms with E-state index in [0.29, 0.717) is 6.54 Å². The van der Waals surface area contributed by atoms with Crippen molar-refractivity contribution < 1.29 is 5.11 Å². The summed E-state index contributed by atoms with van der Waals surface area (Å²) in [6.45, 7) is 5.58. The lowest BCUT2D eigenvalue weighted by molar-refractivity contribution is 0.0328. The van der Waals surface area contributed by atoms with Crippen molar-refractivity contribution in [3.63, 3.8) is 0 Å². The summed E-state index contributed by atoms with van der Waals surface area (Å²) < 4.78 is 0. The first kappa shape index (κ1) is 14.5. The molecule has 0 aliphatic rings. The Balaban J connectivity index is 2.26. The van der Waals surface area contributed by atoms with E-state index >= 15 is 0 Å². The summed E-state index contributed by atoms with van der Waals surface area (Å²) in [5.74, 6) is 0. The zero-order valence-corrected chi connectivity index (χ0v) is 11.4. The van der Waals surface area contributed by atoms with Crippen LogP contribution < -0.4 is 5.32 Å². The first-order chi connectivity index (χ1) is 8.09. The van der Waals surface area contributed by atoms with E-state index in [1.165, 1.54) is 5.56 Å². The molecule has 0 atom stereocenters. The van der Waals surface area contributed by atoms with Crippen molar-refractivity contribution in [1.82, 2.24) is 5.32 Å². The SMILES string of the molecule is CCC(O)(CC)CNCCc1ccc(Cl)cc1. The minimum Gasteiger partial charge on any atom is -0.389 e. The molecule has 0 saturated heterocycles. The van der Waals surface area contributed by atoms with Crippen molar-refractivity contribution in [1.29, 1.82) is 0 Å². The average Bonchev–Trinajstić information content (AvgIpc) is 2.36. The van der Waals surface area contributed by atoms with Gasteiger partial charge < -0.3 is 10.4 Å². The largest absolute Gasteiger partial charge is 0.389 e. The lowest BCUT2D eigenvalue weighted by Gasteiger charge is -2.25. The summed E-state index contributed by atoms with van der Waals surface area (Å²) in [6, 6.07) is 7.89. The van der Waals surface area contributed by atoms with Gasteiger partial charge in [0.1, 0.15) is 0 Å². The Hall–Kier alpha value is -0.570. The molecular formula is C14H22ClNO. The molecule has 0 heterocycles. The van der Waals surface area contributed by atoms with Gasteiger partial charge in [0.25, 0.3) is 0 Å². The van der Waals surface area contributed by atoms with Crippen LogP contribution in [0.5, 0.6) is 0 Å². The predicted octanol–water partition coefficient (Wildman–Crippen LogP) is 3.02. The predicted molar refractivity (Wildman–Crippen MR) is 73.6 cm³/mol. The van der Waals surface area contributed by atoms with E-state index in [0.717, 1.165) is 30.8 Å². The zero-order valence-electron chi connectivity index (χ0n) is 10.7. The Bertz CT molecular complexity index is 319. The summed E-state index contributed by atoms with van der Waals surface area (Å²) in [5, 5.41) is 14.2. The minimum absolute atomic E-state index is 0.556. The van der Waals surface area contributed by atoms with Crippen LogP contribution in [0.4, 0.5) is 0 Å². The van der Waals surface area contributed by atoms with Crippen LogP contribution >= 0.6 is 11.6 Å². The molecular weight excluding hydrogens is 234 g/mol. The normalized spacial score (nSPS) is 11.8. The number of hydrogen-bond donors (Lipinski definition) is 2. The summed E-state index contributed by atoms with van der Waals surface area (Å²) in [5.41, 5.74) is 0.707. The van der Waals surface area contributed by atoms with Gasteiger partial charge in [-0.3, -0.25) is 0 Å². The number of hydrogen-bond acceptors (Lipinski definition) is 2. The highest BCUT2D eigenvalue weighted by Gasteiger charge is 2.20. The number of rotatable bonds is 7. The van der Waals surface area contributed by atoms with Crippen molar-refractivity contribution in [3.8, 4) is 0 Å². The molecule has 17 heavy (non-hydrogen) atoms. The molecule has 0 aliphatic heterocycles. The maximum atomic E-state index is 10.1. The third kappa shape index (κ3) is 5.07. The van der Waals surface area contributed by atoms with Gasteiger partial charge in [0.15, 0.2) is 0 Å². The van der Waals surface area contributed by atoms with Crippen LogP contribution in [0.15, 0.2) is 24.3 Å². The molecule has 0 amide bonds. The lowest BCUT2D eigenvalue weighted by atomic mass is 9.97. The summed E-state index contributed by atoms with van der Waals surface area (Å²) in [7, 11) is 0. The monoisotopic (exact) mass is 255 g/mol. The third-order valence-electron chi connectivity index (χ3n) is 3.27. The van der Waals surface area contributed by atoms with E-state index < -0.39 is 5.60 Å². The molecule has 3 heteroatoms. The Kier molecular flexibility index (Phi) is 5.96. The Morgan fingerprint density at radius 3 is 2.29 bits per heavy atom. The van der Waals surface area contributed by atoms with Gasteiger partial charge in [0.05, 0.1) is 5.60 Å². The fourth-order valence-electron chi connectivity index (χ4n) is 1.70. The fourth-order valence-corrected chi connectivity index (χ4v) is 1.83. The van der Waals surface area contributed by atoms with E-state index in [1.54, 1.807) is 0 Å². The highest BCUT2D eigenvalue weighted by molar-refractivity contribution is 6.30. The highest BCUT2D eigenvalue weighted by Crippen LogP contribution is 2.13. The average molecular weight is 256 g/mol. The van der Waals surface area contributed by atoms with E-state index in [9.17, 15) is 5.11 Å². The van der Waals surface area contributed by atoms with Gasteiger partial charge in [-0.15, -0.1) is 0 Å². The molecule has 0 saturated carbocycles. The van der Waals surface area contributed by atoms with Gasteiger partial charge in [0, 0.05) is 11.6 Å². The van der Waals surface area contributed by atoms with Crippen LogP contribution in [0, 0.1) is 0 Å². The molecule has 2 nitrogen and oxygen atoms in total. The van der Waals surface area contributed by atoms with Crippen LogP contribution in [0.1, 0.15) is 32.3 Å². The van der Waals surface area contributed by atoms with Gasteiger partial charge in [0.2, 0.25) is 0 Å². The van der Waals surface area contributed by atoms with Crippen molar-refractivity contribution in [2.24, 2.45) is 0 Å². The number of aliphatic hydroxyl groups is 1. The second kappa shape index (κ2) is 7.00. The smallest absolute Gasteiger partial charge is 0.0766 e. The molecule has 0 fully saturated rings. The summed E-state index contributed by atoms with van der Waals surface area (Å²) >= 11 is 5.82. The summed E-state index contributed by atoms with van der Waals surface area (Å²) in [4.78, 5) is 0. The zero-order chi connectivity index (χ0) is 12.7. The van der Waals surface area contributed by atoms with Crippen molar-refractivity contribution in [2.45, 2.75) is 38.7 Å². The van der Waals surface area contributed by atoms with E-state index in [4.69, 9.17) is 11.6 Å². The second-order valence-electron chi connectivity index (χ2n) is 4.48. The Morgan fingerprint density at radius 2 is 1.76 bits per heavy atom. The van der Waals surface area contributed by atoms with Crippen LogP contribution in [0.3, 0.4) is 0 Å². The maximum absolute atomic E-state index is 10.1. The van der Waals surface area contributed by atoms with Gasteiger partial charge in [-0.25, -0.2) is 0 Å². The number of nitrogens with one attached hydrogen (secondary N) is 1. The van der Waals surface area contributed by atoms with Crippen molar-refractivity contribution >= 4 is 11.6 Å². The van der Waals surface area contributed by atoms with E-state index in [2.05, 4.69) is 5.32 Å². The maximum Gasteiger partial charge on any atom is 0.0766 e. The first-order valence-corrected chi connectivity index (χ1v) is 6.65. The van der Waals surface area contributed by atoms with Crippen LogP contribution in [0.2, 0.25) is 5.02 Å². The van der Waals surface area contributed by atoms with Crippen LogP contribution in [-0.2, 0) is 6.42 Å². The Morgan fingerprint density at radius 1 is 1.18 bits per heavy atom. The van der Waals surface area contributed by atoms with Gasteiger partial charge in [-0.2, -0.15) is 0 Å². The molecule has 96 valence electrons. The molecule has 1 aromatic carbocycles. The second-order valence-corrected chi connectivity index (χ2v) is 4.92.